The van der Waals surface area contributed by atoms with Crippen molar-refractivity contribution >= 4 is 16.9 Å². The number of pyridine rings is 1. The van der Waals surface area contributed by atoms with Crippen LogP contribution in [0.3, 0.4) is 0 Å². The lowest BCUT2D eigenvalue weighted by Crippen LogP contribution is -2.44. The molecule has 2 aromatic heterocycles. The van der Waals surface area contributed by atoms with Gasteiger partial charge in [-0.05, 0) is 39.8 Å². The van der Waals surface area contributed by atoms with Crippen molar-refractivity contribution in [1.82, 2.24) is 19.4 Å². The molecular formula is C15H20N4O2. The van der Waals surface area contributed by atoms with Crippen molar-refractivity contribution in [3.63, 3.8) is 0 Å². The fourth-order valence-corrected chi connectivity index (χ4v) is 2.51. The zero-order valence-electron chi connectivity index (χ0n) is 12.8. The minimum Gasteiger partial charge on any atom is -0.336 e. The van der Waals surface area contributed by atoms with Crippen LogP contribution in [-0.2, 0) is 11.3 Å². The second-order valence-electron chi connectivity index (χ2n) is 5.54. The predicted molar refractivity (Wildman–Crippen MR) is 80.9 cm³/mol. The topological polar surface area (TPSA) is 68.1 Å². The third-order valence-corrected chi connectivity index (χ3v) is 3.30. The van der Waals surface area contributed by atoms with Crippen molar-refractivity contribution in [1.29, 1.82) is 0 Å². The van der Waals surface area contributed by atoms with Gasteiger partial charge in [-0.3, -0.25) is 14.2 Å². The number of hydrogen-bond donors (Lipinski definition) is 0. The summed E-state index contributed by atoms with van der Waals surface area (Å²) in [7, 11) is 0. The Balaban J connectivity index is 2.34. The van der Waals surface area contributed by atoms with Crippen LogP contribution < -0.4 is 5.56 Å². The summed E-state index contributed by atoms with van der Waals surface area (Å²) in [5.41, 5.74) is 0.157. The summed E-state index contributed by atoms with van der Waals surface area (Å²) < 4.78 is 1.34. The van der Waals surface area contributed by atoms with Crippen molar-refractivity contribution in [3.05, 3.63) is 35.0 Å². The largest absolute Gasteiger partial charge is 0.336 e. The van der Waals surface area contributed by atoms with Crippen LogP contribution in [-0.4, -0.2) is 37.4 Å². The maximum atomic E-state index is 12.4. The monoisotopic (exact) mass is 288 g/mol. The fourth-order valence-electron chi connectivity index (χ4n) is 2.51. The van der Waals surface area contributed by atoms with Crippen molar-refractivity contribution < 1.29 is 4.79 Å². The number of fused-ring (bicyclic) bond motifs is 1. The van der Waals surface area contributed by atoms with E-state index in [4.69, 9.17) is 0 Å². The molecule has 0 spiro atoms. The zero-order valence-corrected chi connectivity index (χ0v) is 12.8. The SMILES string of the molecule is CC(C)N(C(=O)Cn1cnc2ncccc2c1=O)C(C)C. The maximum Gasteiger partial charge on any atom is 0.263 e. The standard InChI is InChI=1S/C15H20N4O2/c1-10(2)19(11(3)4)13(20)8-18-9-17-14-12(15(18)21)6-5-7-16-14/h5-7,9-11H,8H2,1-4H3. The number of carbonyl (C=O) groups excluding carboxylic acids is 1. The molecule has 0 fully saturated rings. The second kappa shape index (κ2) is 6.03. The smallest absolute Gasteiger partial charge is 0.263 e. The zero-order chi connectivity index (χ0) is 15.6. The van der Waals surface area contributed by atoms with E-state index in [-0.39, 0.29) is 30.1 Å². The molecule has 0 aliphatic heterocycles. The van der Waals surface area contributed by atoms with E-state index in [0.29, 0.717) is 11.0 Å². The average Bonchev–Trinajstić information content (AvgIpc) is 2.41. The average molecular weight is 288 g/mol. The minimum absolute atomic E-state index is 0.00692. The van der Waals surface area contributed by atoms with E-state index in [1.807, 2.05) is 27.7 Å². The lowest BCUT2D eigenvalue weighted by molar-refractivity contribution is -0.135. The summed E-state index contributed by atoms with van der Waals surface area (Å²) in [6.45, 7) is 7.84. The first-order chi connectivity index (χ1) is 9.91. The lowest BCUT2D eigenvalue weighted by atomic mass is 10.2. The van der Waals surface area contributed by atoms with E-state index in [2.05, 4.69) is 9.97 Å². The lowest BCUT2D eigenvalue weighted by Gasteiger charge is -2.30. The summed E-state index contributed by atoms with van der Waals surface area (Å²) in [6.07, 6.45) is 2.97. The summed E-state index contributed by atoms with van der Waals surface area (Å²) in [6, 6.07) is 3.53. The van der Waals surface area contributed by atoms with Crippen LogP contribution >= 0.6 is 0 Å². The number of amides is 1. The van der Waals surface area contributed by atoms with E-state index in [9.17, 15) is 9.59 Å². The molecule has 2 aromatic rings. The summed E-state index contributed by atoms with van der Waals surface area (Å²) in [4.78, 5) is 34.7. The van der Waals surface area contributed by atoms with Crippen LogP contribution in [0.2, 0.25) is 0 Å². The van der Waals surface area contributed by atoms with Gasteiger partial charge in [0.1, 0.15) is 12.9 Å². The van der Waals surface area contributed by atoms with Gasteiger partial charge in [-0.15, -0.1) is 0 Å². The minimum atomic E-state index is -0.242. The van der Waals surface area contributed by atoms with Crippen molar-refractivity contribution in [2.45, 2.75) is 46.3 Å². The molecule has 2 rings (SSSR count). The van der Waals surface area contributed by atoms with Gasteiger partial charge in [-0.1, -0.05) is 0 Å². The van der Waals surface area contributed by atoms with Crippen LogP contribution in [0.1, 0.15) is 27.7 Å². The Kier molecular flexibility index (Phi) is 4.35. The van der Waals surface area contributed by atoms with Gasteiger partial charge >= 0.3 is 0 Å². The molecule has 0 saturated heterocycles. The number of carbonyl (C=O) groups is 1. The second-order valence-corrected chi connectivity index (χ2v) is 5.54. The Bertz CT molecular complexity index is 698. The van der Waals surface area contributed by atoms with Gasteiger partial charge in [0.05, 0.1) is 5.39 Å². The molecule has 6 heteroatoms. The highest BCUT2D eigenvalue weighted by molar-refractivity contribution is 5.77. The van der Waals surface area contributed by atoms with Gasteiger partial charge in [0.15, 0.2) is 5.65 Å². The highest BCUT2D eigenvalue weighted by atomic mass is 16.2. The molecule has 1 amide bonds. The first kappa shape index (κ1) is 15.2. The van der Waals surface area contributed by atoms with Gasteiger partial charge in [0.2, 0.25) is 5.91 Å². The molecule has 2 heterocycles. The normalized spacial score (nSPS) is 11.3. The van der Waals surface area contributed by atoms with Crippen molar-refractivity contribution in [2.75, 3.05) is 0 Å². The van der Waals surface area contributed by atoms with Crippen LogP contribution in [0.5, 0.6) is 0 Å². The number of rotatable bonds is 4. The van der Waals surface area contributed by atoms with E-state index >= 15 is 0 Å². The van der Waals surface area contributed by atoms with Crippen LogP contribution in [0.15, 0.2) is 29.5 Å². The number of hydrogen-bond acceptors (Lipinski definition) is 4. The molecule has 0 unspecified atom stereocenters. The molecule has 6 nitrogen and oxygen atoms in total. The summed E-state index contributed by atoms with van der Waals surface area (Å²) in [5, 5.41) is 0.424. The molecule has 0 aliphatic rings. The molecular weight excluding hydrogens is 268 g/mol. The first-order valence-electron chi connectivity index (χ1n) is 7.03. The molecule has 0 saturated carbocycles. The fraction of sp³-hybridized carbons (Fsp3) is 0.467. The Morgan fingerprint density at radius 2 is 1.90 bits per heavy atom. The third kappa shape index (κ3) is 3.09. The van der Waals surface area contributed by atoms with Gasteiger partial charge in [0.25, 0.3) is 5.56 Å². The highest BCUT2D eigenvalue weighted by Gasteiger charge is 2.20. The number of aromatic nitrogens is 3. The first-order valence-corrected chi connectivity index (χ1v) is 7.03. The molecule has 21 heavy (non-hydrogen) atoms. The molecule has 0 bridgehead atoms. The van der Waals surface area contributed by atoms with E-state index in [1.54, 1.807) is 23.2 Å². The molecule has 0 aromatic carbocycles. The van der Waals surface area contributed by atoms with E-state index in [0.717, 1.165) is 0 Å². The van der Waals surface area contributed by atoms with Crippen LogP contribution in [0, 0.1) is 0 Å². The Labute approximate surface area is 123 Å². The number of nitrogens with zero attached hydrogens (tertiary/aromatic N) is 4. The van der Waals surface area contributed by atoms with Gasteiger partial charge in [-0.25, -0.2) is 9.97 Å². The van der Waals surface area contributed by atoms with Crippen LogP contribution in [0.25, 0.3) is 11.0 Å². The summed E-state index contributed by atoms with van der Waals surface area (Å²) in [5.74, 6) is -0.0906. The van der Waals surface area contributed by atoms with Gasteiger partial charge in [0, 0.05) is 18.3 Å². The molecule has 112 valence electrons. The van der Waals surface area contributed by atoms with Gasteiger partial charge < -0.3 is 4.90 Å². The highest BCUT2D eigenvalue weighted by Crippen LogP contribution is 2.07. The molecule has 0 radical (unpaired) electrons. The quantitative estimate of drug-likeness (QED) is 0.853. The van der Waals surface area contributed by atoms with Crippen LogP contribution in [0.4, 0.5) is 0 Å². The molecule has 0 atom stereocenters. The summed E-state index contributed by atoms with van der Waals surface area (Å²) >= 11 is 0. The van der Waals surface area contributed by atoms with E-state index < -0.39 is 0 Å². The van der Waals surface area contributed by atoms with E-state index in [1.165, 1.54) is 10.9 Å². The van der Waals surface area contributed by atoms with Crippen molar-refractivity contribution in [3.8, 4) is 0 Å². The van der Waals surface area contributed by atoms with Gasteiger partial charge in [-0.2, -0.15) is 0 Å². The molecule has 0 aliphatic carbocycles. The third-order valence-electron chi connectivity index (χ3n) is 3.30. The Hall–Kier alpha value is -2.24. The van der Waals surface area contributed by atoms with Crippen molar-refractivity contribution in [2.24, 2.45) is 0 Å². The maximum absolute atomic E-state index is 12.4. The molecule has 0 N–H and O–H groups in total. The Morgan fingerprint density at radius 1 is 1.24 bits per heavy atom. The predicted octanol–water partition coefficient (Wildman–Crippen LogP) is 1.44. The Morgan fingerprint density at radius 3 is 2.52 bits per heavy atom.